The molecule has 9 heteroatoms. The van der Waals surface area contributed by atoms with Crippen LogP contribution in [0, 0.1) is 0 Å². The molecule has 0 radical (unpaired) electrons. The maximum Gasteiger partial charge on any atom is 0.338 e. The van der Waals surface area contributed by atoms with E-state index in [1.807, 2.05) is 12.1 Å². The van der Waals surface area contributed by atoms with Gasteiger partial charge in [-0.1, -0.05) is 41.7 Å². The van der Waals surface area contributed by atoms with E-state index in [-0.39, 0.29) is 12.5 Å². The van der Waals surface area contributed by atoms with Crippen molar-refractivity contribution in [2.45, 2.75) is 12.7 Å². The lowest BCUT2D eigenvalue weighted by atomic mass is 10.1. The third-order valence-corrected chi connectivity index (χ3v) is 5.60. The van der Waals surface area contributed by atoms with Crippen molar-refractivity contribution in [2.75, 3.05) is 32.0 Å². The predicted octanol–water partition coefficient (Wildman–Crippen LogP) is 1.43. The molecule has 0 aliphatic carbocycles. The predicted molar refractivity (Wildman–Crippen MR) is 104 cm³/mol. The summed E-state index contributed by atoms with van der Waals surface area (Å²) in [4.78, 5) is 39.6. The second kappa shape index (κ2) is 10.9. The molecule has 1 heterocycles. The first kappa shape index (κ1) is 20.3. The first-order chi connectivity index (χ1) is 12.6. The normalized spacial score (nSPS) is 13.0. The number of thioether (sulfide) groups is 2. The summed E-state index contributed by atoms with van der Waals surface area (Å²) in [6.45, 7) is 2.54. The van der Waals surface area contributed by atoms with Gasteiger partial charge in [0.15, 0.2) is 6.61 Å². The molecule has 26 heavy (non-hydrogen) atoms. The number of benzene rings is 1. The van der Waals surface area contributed by atoms with Crippen LogP contribution in [0.5, 0.6) is 0 Å². The summed E-state index contributed by atoms with van der Waals surface area (Å²) in [7, 11) is 0. The average Bonchev–Trinajstić information content (AvgIpc) is 3.17. The zero-order valence-electron chi connectivity index (χ0n) is 14.4. The van der Waals surface area contributed by atoms with Crippen LogP contribution in [0.4, 0.5) is 0 Å². The van der Waals surface area contributed by atoms with Gasteiger partial charge in [0.05, 0.1) is 18.7 Å². The van der Waals surface area contributed by atoms with Gasteiger partial charge in [-0.25, -0.2) is 4.79 Å². The molecule has 1 aliphatic heterocycles. The van der Waals surface area contributed by atoms with Crippen molar-refractivity contribution in [2.24, 2.45) is 4.99 Å². The highest BCUT2D eigenvalue weighted by atomic mass is 32.2. The second-order valence-electron chi connectivity index (χ2n) is 5.25. The van der Waals surface area contributed by atoms with E-state index >= 15 is 0 Å². The third-order valence-electron chi connectivity index (χ3n) is 3.30. The van der Waals surface area contributed by atoms with Gasteiger partial charge in [0, 0.05) is 18.1 Å². The topological polar surface area (TPSA) is 96.9 Å². The van der Waals surface area contributed by atoms with Crippen molar-refractivity contribution in [1.29, 1.82) is 0 Å². The average molecular weight is 396 g/mol. The van der Waals surface area contributed by atoms with Gasteiger partial charge in [0.1, 0.15) is 4.38 Å². The number of likely N-dealkylation sites (N-methyl/N-ethyl adjacent to an activating group) is 1. The van der Waals surface area contributed by atoms with Crippen LogP contribution in [-0.2, 0) is 20.1 Å². The van der Waals surface area contributed by atoms with Gasteiger partial charge in [-0.2, -0.15) is 0 Å². The number of nitrogens with zero attached hydrogens (tertiary/aromatic N) is 1. The van der Waals surface area contributed by atoms with Gasteiger partial charge in [-0.3, -0.25) is 14.6 Å². The van der Waals surface area contributed by atoms with E-state index in [2.05, 4.69) is 15.6 Å². The van der Waals surface area contributed by atoms with Crippen molar-refractivity contribution in [3.8, 4) is 0 Å². The van der Waals surface area contributed by atoms with Crippen LogP contribution in [0.2, 0.25) is 0 Å². The number of aliphatic imine (C=N–C) groups is 1. The van der Waals surface area contributed by atoms with E-state index in [0.717, 1.165) is 22.2 Å². The monoisotopic (exact) mass is 395 g/mol. The van der Waals surface area contributed by atoms with Crippen LogP contribution in [0.3, 0.4) is 0 Å². The van der Waals surface area contributed by atoms with E-state index in [1.54, 1.807) is 42.6 Å². The van der Waals surface area contributed by atoms with Crippen molar-refractivity contribution in [3.63, 3.8) is 0 Å². The van der Waals surface area contributed by atoms with Crippen molar-refractivity contribution >= 4 is 45.7 Å². The minimum absolute atomic E-state index is 0.142. The number of esters is 1. The highest BCUT2D eigenvalue weighted by Gasteiger charge is 2.16. The molecule has 0 unspecified atom stereocenters. The molecule has 2 amide bonds. The second-order valence-corrected chi connectivity index (χ2v) is 7.55. The van der Waals surface area contributed by atoms with Crippen molar-refractivity contribution < 1.29 is 19.1 Å². The van der Waals surface area contributed by atoms with E-state index < -0.39 is 18.5 Å². The number of carbonyl (C=O) groups is 3. The SMILES string of the molecule is CCNC(=O)CNC(=O)COC(=O)c1ccccc1CSC1=NCCS1. The first-order valence-corrected chi connectivity index (χ1v) is 10.2. The van der Waals surface area contributed by atoms with Crippen LogP contribution in [0.15, 0.2) is 29.3 Å². The number of hydrogen-bond donors (Lipinski definition) is 2. The van der Waals surface area contributed by atoms with E-state index in [0.29, 0.717) is 17.9 Å². The minimum Gasteiger partial charge on any atom is -0.452 e. The van der Waals surface area contributed by atoms with Gasteiger partial charge < -0.3 is 15.4 Å². The number of amides is 2. The molecule has 0 saturated carbocycles. The Morgan fingerprint density at radius 2 is 2.04 bits per heavy atom. The molecule has 0 atom stereocenters. The molecule has 1 aliphatic rings. The molecule has 2 rings (SSSR count). The molecule has 2 N–H and O–H groups in total. The Kier molecular flexibility index (Phi) is 8.49. The van der Waals surface area contributed by atoms with Gasteiger partial charge in [0.25, 0.3) is 5.91 Å². The lowest BCUT2D eigenvalue weighted by Gasteiger charge is -2.10. The molecule has 0 aromatic heterocycles. The summed E-state index contributed by atoms with van der Waals surface area (Å²) in [5.41, 5.74) is 1.26. The zero-order chi connectivity index (χ0) is 18.8. The fourth-order valence-electron chi connectivity index (χ4n) is 2.09. The third kappa shape index (κ3) is 6.72. The summed E-state index contributed by atoms with van der Waals surface area (Å²) in [5, 5.41) is 4.96. The summed E-state index contributed by atoms with van der Waals surface area (Å²) >= 11 is 3.30. The molecular formula is C17H21N3O4S2. The Hall–Kier alpha value is -2.00. The van der Waals surface area contributed by atoms with Gasteiger partial charge >= 0.3 is 5.97 Å². The summed E-state index contributed by atoms with van der Waals surface area (Å²) in [6, 6.07) is 7.14. The van der Waals surface area contributed by atoms with Crippen LogP contribution in [-0.4, -0.2) is 54.2 Å². The number of rotatable bonds is 8. The number of ether oxygens (including phenoxy) is 1. The lowest BCUT2D eigenvalue weighted by molar-refractivity contribution is -0.127. The van der Waals surface area contributed by atoms with Crippen molar-refractivity contribution in [3.05, 3.63) is 35.4 Å². The van der Waals surface area contributed by atoms with Gasteiger partial charge in [-0.15, -0.1) is 0 Å². The number of carbonyl (C=O) groups excluding carboxylic acids is 3. The Labute approximate surface area is 160 Å². The molecular weight excluding hydrogens is 374 g/mol. The van der Waals surface area contributed by atoms with E-state index in [9.17, 15) is 14.4 Å². The highest BCUT2D eigenvalue weighted by molar-refractivity contribution is 8.38. The van der Waals surface area contributed by atoms with Crippen LogP contribution < -0.4 is 10.6 Å². The van der Waals surface area contributed by atoms with Gasteiger partial charge in [-0.05, 0) is 18.6 Å². The van der Waals surface area contributed by atoms with E-state index in [1.165, 1.54) is 0 Å². The lowest BCUT2D eigenvalue weighted by Crippen LogP contribution is -2.38. The molecule has 1 aromatic rings. The fraction of sp³-hybridized carbons (Fsp3) is 0.412. The Bertz CT molecular complexity index is 694. The molecule has 7 nitrogen and oxygen atoms in total. The highest BCUT2D eigenvalue weighted by Crippen LogP contribution is 2.26. The molecule has 140 valence electrons. The fourth-order valence-corrected chi connectivity index (χ4v) is 4.10. The first-order valence-electron chi connectivity index (χ1n) is 8.18. The smallest absolute Gasteiger partial charge is 0.338 e. The quantitative estimate of drug-likeness (QED) is 0.647. The van der Waals surface area contributed by atoms with Crippen molar-refractivity contribution in [1.82, 2.24) is 10.6 Å². The Morgan fingerprint density at radius 3 is 2.77 bits per heavy atom. The number of nitrogens with one attached hydrogen (secondary N) is 2. The van der Waals surface area contributed by atoms with Gasteiger partial charge in [0.2, 0.25) is 5.91 Å². The standard InChI is InChI=1S/C17H21N3O4S2/c1-2-18-14(21)9-20-15(22)10-24-16(23)13-6-4-3-5-12(13)11-26-17-19-7-8-25-17/h3-6H,2,7-11H2,1H3,(H,18,21)(H,20,22). The zero-order valence-corrected chi connectivity index (χ0v) is 16.1. The maximum absolute atomic E-state index is 12.3. The Morgan fingerprint density at radius 1 is 1.23 bits per heavy atom. The largest absolute Gasteiger partial charge is 0.452 e. The molecule has 0 bridgehead atoms. The maximum atomic E-state index is 12.3. The molecule has 0 spiro atoms. The number of hydrogen-bond acceptors (Lipinski definition) is 7. The minimum atomic E-state index is -0.560. The molecule has 0 fully saturated rings. The molecule has 1 aromatic carbocycles. The van der Waals surface area contributed by atoms with Crippen LogP contribution >= 0.6 is 23.5 Å². The summed E-state index contributed by atoms with van der Waals surface area (Å²) in [6.07, 6.45) is 0. The summed E-state index contributed by atoms with van der Waals surface area (Å²) < 4.78 is 6.09. The Balaban J connectivity index is 1.83. The molecule has 0 saturated heterocycles. The van der Waals surface area contributed by atoms with Crippen LogP contribution in [0.1, 0.15) is 22.8 Å². The summed E-state index contributed by atoms with van der Waals surface area (Å²) in [5.74, 6) is 0.239. The van der Waals surface area contributed by atoms with E-state index in [4.69, 9.17) is 4.74 Å². The van der Waals surface area contributed by atoms with Crippen LogP contribution in [0.25, 0.3) is 0 Å².